The van der Waals surface area contributed by atoms with Gasteiger partial charge in [-0.15, -0.1) is 0 Å². The predicted molar refractivity (Wildman–Crippen MR) is 103 cm³/mol. The van der Waals surface area contributed by atoms with Crippen molar-refractivity contribution >= 4 is 11.6 Å². The molecule has 0 unspecified atom stereocenters. The molecule has 1 heterocycles. The van der Waals surface area contributed by atoms with Gasteiger partial charge in [-0.25, -0.2) is 0 Å². The van der Waals surface area contributed by atoms with Crippen LogP contribution in [-0.4, -0.2) is 36.6 Å². The van der Waals surface area contributed by atoms with Crippen molar-refractivity contribution in [1.29, 1.82) is 0 Å². The minimum Gasteiger partial charge on any atom is -0.378 e. The van der Waals surface area contributed by atoms with Gasteiger partial charge in [0.15, 0.2) is 11.5 Å². The summed E-state index contributed by atoms with van der Waals surface area (Å²) in [7, 11) is 4.01. The lowest BCUT2D eigenvalue weighted by atomic mass is 10.1. The summed E-state index contributed by atoms with van der Waals surface area (Å²) >= 11 is 0. The first-order valence-electron chi connectivity index (χ1n) is 8.66. The molecule has 0 spiro atoms. The van der Waals surface area contributed by atoms with Crippen molar-refractivity contribution in [1.82, 2.24) is 10.1 Å². The van der Waals surface area contributed by atoms with Gasteiger partial charge in [0, 0.05) is 44.5 Å². The van der Waals surface area contributed by atoms with Gasteiger partial charge < -0.3 is 14.3 Å². The van der Waals surface area contributed by atoms with Crippen LogP contribution < -0.4 is 4.90 Å². The van der Waals surface area contributed by atoms with Crippen molar-refractivity contribution in [2.75, 3.05) is 25.5 Å². The second-order valence-electron chi connectivity index (χ2n) is 6.32. The monoisotopic (exact) mass is 349 g/mol. The van der Waals surface area contributed by atoms with Crippen LogP contribution in [0.1, 0.15) is 23.0 Å². The third-order valence-corrected chi connectivity index (χ3v) is 4.28. The Balaban J connectivity index is 1.74. The highest BCUT2D eigenvalue weighted by molar-refractivity contribution is 5.93. The first kappa shape index (κ1) is 17.7. The maximum absolute atomic E-state index is 12.8. The Kier molecular flexibility index (Phi) is 5.37. The molecule has 0 atom stereocenters. The van der Waals surface area contributed by atoms with Crippen molar-refractivity contribution in [2.45, 2.75) is 13.5 Å². The van der Waals surface area contributed by atoms with Crippen LogP contribution in [0.3, 0.4) is 0 Å². The fraction of sp³-hybridized carbons (Fsp3) is 0.238. The molecule has 0 saturated carbocycles. The molecule has 0 aliphatic carbocycles. The molecular weight excluding hydrogens is 326 g/mol. The van der Waals surface area contributed by atoms with E-state index in [2.05, 4.69) is 17.3 Å². The largest absolute Gasteiger partial charge is 0.378 e. The summed E-state index contributed by atoms with van der Waals surface area (Å²) in [6, 6.07) is 19.5. The lowest BCUT2D eigenvalue weighted by Gasteiger charge is -2.20. The Morgan fingerprint density at radius 2 is 1.73 bits per heavy atom. The van der Waals surface area contributed by atoms with Gasteiger partial charge in [0.1, 0.15) is 0 Å². The SMILES string of the molecule is CCN(Cc1ccc(N(C)C)cc1)C(=O)c1cc(-c2ccccc2)on1. The first-order valence-corrected chi connectivity index (χ1v) is 8.66. The Labute approximate surface area is 153 Å². The molecule has 26 heavy (non-hydrogen) atoms. The van der Waals surface area contributed by atoms with E-state index in [-0.39, 0.29) is 5.91 Å². The summed E-state index contributed by atoms with van der Waals surface area (Å²) in [6.45, 7) is 3.10. The second-order valence-corrected chi connectivity index (χ2v) is 6.32. The third-order valence-electron chi connectivity index (χ3n) is 4.28. The second kappa shape index (κ2) is 7.87. The molecule has 0 fully saturated rings. The molecule has 1 amide bonds. The molecule has 5 heteroatoms. The van der Waals surface area contributed by atoms with Crippen molar-refractivity contribution in [3.8, 4) is 11.3 Å². The fourth-order valence-electron chi connectivity index (χ4n) is 2.72. The average molecular weight is 349 g/mol. The maximum Gasteiger partial charge on any atom is 0.276 e. The van der Waals surface area contributed by atoms with Crippen LogP contribution in [0.2, 0.25) is 0 Å². The van der Waals surface area contributed by atoms with Gasteiger partial charge >= 0.3 is 0 Å². The number of anilines is 1. The zero-order valence-electron chi connectivity index (χ0n) is 15.3. The van der Waals surface area contributed by atoms with Gasteiger partial charge in [0.05, 0.1) is 0 Å². The number of amides is 1. The smallest absolute Gasteiger partial charge is 0.276 e. The van der Waals surface area contributed by atoms with Crippen LogP contribution in [0, 0.1) is 0 Å². The topological polar surface area (TPSA) is 49.6 Å². The number of benzene rings is 2. The van der Waals surface area contributed by atoms with E-state index in [4.69, 9.17) is 4.52 Å². The minimum atomic E-state index is -0.130. The summed E-state index contributed by atoms with van der Waals surface area (Å²) < 4.78 is 5.36. The predicted octanol–water partition coefficient (Wildman–Crippen LogP) is 4.07. The summed E-state index contributed by atoms with van der Waals surface area (Å²) in [5.41, 5.74) is 3.45. The van der Waals surface area contributed by atoms with Gasteiger partial charge in [-0.05, 0) is 24.6 Å². The van der Waals surface area contributed by atoms with Gasteiger partial charge in [-0.2, -0.15) is 0 Å². The number of nitrogens with zero attached hydrogens (tertiary/aromatic N) is 3. The van der Waals surface area contributed by atoms with E-state index < -0.39 is 0 Å². The Bertz CT molecular complexity index is 854. The number of hydrogen-bond acceptors (Lipinski definition) is 4. The van der Waals surface area contributed by atoms with Crippen LogP contribution >= 0.6 is 0 Å². The summed E-state index contributed by atoms with van der Waals surface area (Å²) in [6.07, 6.45) is 0. The number of carbonyl (C=O) groups is 1. The molecule has 0 saturated heterocycles. The molecule has 1 aromatic heterocycles. The van der Waals surface area contributed by atoms with Crippen LogP contribution in [0.15, 0.2) is 65.2 Å². The highest BCUT2D eigenvalue weighted by Gasteiger charge is 2.19. The van der Waals surface area contributed by atoms with E-state index >= 15 is 0 Å². The normalized spacial score (nSPS) is 10.6. The van der Waals surface area contributed by atoms with E-state index in [1.54, 1.807) is 11.0 Å². The third kappa shape index (κ3) is 3.94. The quantitative estimate of drug-likeness (QED) is 0.673. The average Bonchev–Trinajstić information content (AvgIpc) is 3.17. The molecule has 2 aromatic carbocycles. The number of hydrogen-bond donors (Lipinski definition) is 0. The molecule has 0 N–H and O–H groups in total. The van der Waals surface area contributed by atoms with Gasteiger partial charge in [0.25, 0.3) is 5.91 Å². The lowest BCUT2D eigenvalue weighted by molar-refractivity contribution is 0.0742. The van der Waals surface area contributed by atoms with Crippen molar-refractivity contribution in [3.63, 3.8) is 0 Å². The van der Waals surface area contributed by atoms with Crippen LogP contribution in [0.25, 0.3) is 11.3 Å². The van der Waals surface area contributed by atoms with Gasteiger partial charge in [-0.3, -0.25) is 4.79 Å². The van der Waals surface area contributed by atoms with E-state index in [0.717, 1.165) is 16.8 Å². The molecule has 0 bridgehead atoms. The zero-order chi connectivity index (χ0) is 18.5. The lowest BCUT2D eigenvalue weighted by Crippen LogP contribution is -2.30. The van der Waals surface area contributed by atoms with Crippen molar-refractivity contribution in [2.24, 2.45) is 0 Å². The Morgan fingerprint density at radius 3 is 2.35 bits per heavy atom. The van der Waals surface area contributed by atoms with Crippen LogP contribution in [0.4, 0.5) is 5.69 Å². The van der Waals surface area contributed by atoms with E-state index in [1.807, 2.05) is 68.4 Å². The highest BCUT2D eigenvalue weighted by Crippen LogP contribution is 2.21. The van der Waals surface area contributed by atoms with Gasteiger partial charge in [-0.1, -0.05) is 47.6 Å². The molecule has 0 aliphatic heterocycles. The minimum absolute atomic E-state index is 0.130. The van der Waals surface area contributed by atoms with E-state index in [9.17, 15) is 4.79 Å². The maximum atomic E-state index is 12.8. The Hall–Kier alpha value is -3.08. The van der Waals surface area contributed by atoms with Crippen LogP contribution in [-0.2, 0) is 6.54 Å². The summed E-state index contributed by atoms with van der Waals surface area (Å²) in [5.74, 6) is 0.468. The van der Waals surface area contributed by atoms with Crippen molar-refractivity contribution in [3.05, 3.63) is 71.9 Å². The van der Waals surface area contributed by atoms with E-state index in [0.29, 0.717) is 24.5 Å². The zero-order valence-corrected chi connectivity index (χ0v) is 15.3. The molecule has 134 valence electrons. The van der Waals surface area contributed by atoms with Gasteiger partial charge in [0.2, 0.25) is 0 Å². The highest BCUT2D eigenvalue weighted by atomic mass is 16.5. The molecule has 3 rings (SSSR count). The number of carbonyl (C=O) groups excluding carboxylic acids is 1. The first-order chi connectivity index (χ1) is 12.6. The number of rotatable bonds is 6. The molecule has 0 radical (unpaired) electrons. The molecule has 3 aromatic rings. The van der Waals surface area contributed by atoms with Crippen LogP contribution in [0.5, 0.6) is 0 Å². The molecular formula is C21H23N3O2. The number of aromatic nitrogens is 1. The van der Waals surface area contributed by atoms with Crippen molar-refractivity contribution < 1.29 is 9.32 Å². The Morgan fingerprint density at radius 1 is 1.04 bits per heavy atom. The summed E-state index contributed by atoms with van der Waals surface area (Å²) in [4.78, 5) is 16.6. The standard InChI is InChI=1S/C21H23N3O2/c1-4-24(15-16-10-12-18(13-11-16)23(2)3)21(25)19-14-20(26-22-19)17-8-6-5-7-9-17/h5-14H,4,15H2,1-3H3. The molecule has 5 nitrogen and oxygen atoms in total. The molecule has 0 aliphatic rings. The summed E-state index contributed by atoms with van der Waals surface area (Å²) in [5, 5.41) is 3.97. The fourth-order valence-corrected chi connectivity index (χ4v) is 2.72. The van der Waals surface area contributed by atoms with E-state index in [1.165, 1.54) is 0 Å².